The standard InChI is InChI=1S/C7HClF4O2/c8-2-1(7(13)14)3(9)5(11)6(12)4(2)10/h(H,13,14)/p-1. The third kappa shape index (κ3) is 1.41. The Labute approximate surface area is 79.7 Å². The monoisotopic (exact) mass is 227 g/mol. The van der Waals surface area contributed by atoms with Gasteiger partial charge >= 0.3 is 0 Å². The average molecular weight is 228 g/mol. The van der Waals surface area contributed by atoms with Gasteiger partial charge in [0.15, 0.2) is 23.3 Å². The van der Waals surface area contributed by atoms with Crippen LogP contribution in [0.25, 0.3) is 0 Å². The highest BCUT2D eigenvalue weighted by Crippen LogP contribution is 2.27. The third-order valence-corrected chi connectivity index (χ3v) is 1.77. The summed E-state index contributed by atoms with van der Waals surface area (Å²) >= 11 is 4.93. The molecule has 0 aliphatic rings. The summed E-state index contributed by atoms with van der Waals surface area (Å²) in [5.74, 6) is -10.7. The molecule has 1 aromatic carbocycles. The molecule has 1 rings (SSSR count). The van der Waals surface area contributed by atoms with Gasteiger partial charge < -0.3 is 9.90 Å². The smallest absolute Gasteiger partial charge is 0.199 e. The van der Waals surface area contributed by atoms with Crippen LogP contribution in [0, 0.1) is 23.3 Å². The number of carbonyl (C=O) groups is 1. The maximum Gasteiger partial charge on any atom is 0.199 e. The van der Waals surface area contributed by atoms with Gasteiger partial charge in [-0.05, 0) is 0 Å². The van der Waals surface area contributed by atoms with Gasteiger partial charge in [0, 0.05) is 0 Å². The summed E-state index contributed by atoms with van der Waals surface area (Å²) < 4.78 is 50.1. The molecule has 0 spiro atoms. The fourth-order valence-corrected chi connectivity index (χ4v) is 1.03. The summed E-state index contributed by atoms with van der Waals surface area (Å²) in [5.41, 5.74) is -1.54. The number of hydrogen-bond donors (Lipinski definition) is 0. The highest BCUT2D eigenvalue weighted by Gasteiger charge is 2.24. The van der Waals surface area contributed by atoms with E-state index in [9.17, 15) is 27.5 Å². The molecule has 1 aromatic rings. The van der Waals surface area contributed by atoms with E-state index in [1.165, 1.54) is 0 Å². The Morgan fingerprint density at radius 3 is 1.86 bits per heavy atom. The van der Waals surface area contributed by atoms with Crippen LogP contribution < -0.4 is 5.11 Å². The van der Waals surface area contributed by atoms with E-state index < -0.39 is 39.8 Å². The molecule has 0 bridgehead atoms. The Kier molecular flexibility index (Phi) is 2.66. The van der Waals surface area contributed by atoms with Gasteiger partial charge in [-0.1, -0.05) is 11.6 Å². The van der Waals surface area contributed by atoms with Crippen molar-refractivity contribution in [2.45, 2.75) is 0 Å². The van der Waals surface area contributed by atoms with E-state index in [1.54, 1.807) is 0 Å². The quantitative estimate of drug-likeness (QED) is 0.412. The zero-order chi connectivity index (χ0) is 11.0. The summed E-state index contributed by atoms with van der Waals surface area (Å²) in [7, 11) is 0. The molecule has 14 heavy (non-hydrogen) atoms. The minimum atomic E-state index is -2.24. The summed E-state index contributed by atoms with van der Waals surface area (Å²) in [6.07, 6.45) is 0. The Hall–Kier alpha value is -1.30. The zero-order valence-electron chi connectivity index (χ0n) is 6.21. The molecule has 0 heterocycles. The molecule has 0 saturated carbocycles. The first-order valence-corrected chi connectivity index (χ1v) is 3.48. The second-order valence-corrected chi connectivity index (χ2v) is 2.61. The first kappa shape index (κ1) is 10.8. The van der Waals surface area contributed by atoms with Crippen LogP contribution >= 0.6 is 11.6 Å². The average Bonchev–Trinajstić information content (AvgIpc) is 2.11. The molecule has 0 unspecified atom stereocenters. The molecular formula is C7ClF4O2-. The predicted octanol–water partition coefficient (Wildman–Crippen LogP) is 1.26. The van der Waals surface area contributed by atoms with E-state index >= 15 is 0 Å². The maximum absolute atomic E-state index is 12.7. The van der Waals surface area contributed by atoms with Gasteiger partial charge in [-0.15, -0.1) is 0 Å². The van der Waals surface area contributed by atoms with E-state index in [4.69, 9.17) is 11.6 Å². The van der Waals surface area contributed by atoms with Crippen LogP contribution in [0.1, 0.15) is 10.4 Å². The third-order valence-electron chi connectivity index (χ3n) is 1.41. The largest absolute Gasteiger partial charge is 0.545 e. The van der Waals surface area contributed by atoms with Crippen LogP contribution in [0.15, 0.2) is 0 Å². The molecular weight excluding hydrogens is 228 g/mol. The van der Waals surface area contributed by atoms with E-state index in [-0.39, 0.29) is 0 Å². The van der Waals surface area contributed by atoms with Crippen molar-refractivity contribution in [1.29, 1.82) is 0 Å². The van der Waals surface area contributed by atoms with E-state index in [0.29, 0.717) is 0 Å². The summed E-state index contributed by atoms with van der Waals surface area (Å²) in [6, 6.07) is 0. The normalized spacial score (nSPS) is 10.4. The lowest BCUT2D eigenvalue weighted by molar-refractivity contribution is -0.255. The molecule has 0 fully saturated rings. The van der Waals surface area contributed by atoms with Crippen molar-refractivity contribution in [3.05, 3.63) is 33.9 Å². The lowest BCUT2D eigenvalue weighted by Gasteiger charge is -2.08. The molecule has 0 amide bonds. The van der Waals surface area contributed by atoms with Crippen molar-refractivity contribution in [1.82, 2.24) is 0 Å². The molecule has 0 radical (unpaired) electrons. The number of rotatable bonds is 1. The molecule has 0 N–H and O–H groups in total. The molecule has 76 valence electrons. The van der Waals surface area contributed by atoms with Crippen LogP contribution in [0.5, 0.6) is 0 Å². The molecule has 0 aliphatic carbocycles. The maximum atomic E-state index is 12.7. The lowest BCUT2D eigenvalue weighted by Crippen LogP contribution is -2.25. The zero-order valence-corrected chi connectivity index (χ0v) is 6.96. The van der Waals surface area contributed by atoms with Gasteiger partial charge in [0.1, 0.15) is 0 Å². The van der Waals surface area contributed by atoms with E-state index in [2.05, 4.69) is 0 Å². The fourth-order valence-electron chi connectivity index (χ4n) is 0.784. The van der Waals surface area contributed by atoms with Crippen molar-refractivity contribution in [3.8, 4) is 0 Å². The van der Waals surface area contributed by atoms with E-state index in [0.717, 1.165) is 0 Å². The second kappa shape index (κ2) is 3.45. The van der Waals surface area contributed by atoms with Crippen LogP contribution in [0.3, 0.4) is 0 Å². The summed E-state index contributed by atoms with van der Waals surface area (Å²) in [6.45, 7) is 0. The molecule has 0 aromatic heterocycles. The SMILES string of the molecule is O=C([O-])c1c(F)c(F)c(F)c(F)c1Cl. The summed E-state index contributed by atoms with van der Waals surface area (Å²) in [4.78, 5) is 10.2. The second-order valence-electron chi connectivity index (χ2n) is 2.23. The summed E-state index contributed by atoms with van der Waals surface area (Å²) in [5, 5.41) is 8.81. The van der Waals surface area contributed by atoms with E-state index in [1.807, 2.05) is 0 Å². The van der Waals surface area contributed by atoms with Crippen molar-refractivity contribution in [2.24, 2.45) is 0 Å². The fraction of sp³-hybridized carbons (Fsp3) is 0. The van der Waals surface area contributed by atoms with Crippen LogP contribution in [0.2, 0.25) is 5.02 Å². The van der Waals surface area contributed by atoms with Gasteiger partial charge in [0.05, 0.1) is 16.6 Å². The van der Waals surface area contributed by atoms with Crippen LogP contribution in [-0.4, -0.2) is 5.97 Å². The first-order chi connectivity index (χ1) is 6.37. The molecule has 2 nitrogen and oxygen atoms in total. The number of carboxylic acids is 1. The van der Waals surface area contributed by atoms with Crippen molar-refractivity contribution in [2.75, 3.05) is 0 Å². The number of benzene rings is 1. The number of carbonyl (C=O) groups excluding carboxylic acids is 1. The van der Waals surface area contributed by atoms with Crippen LogP contribution in [-0.2, 0) is 0 Å². The lowest BCUT2D eigenvalue weighted by atomic mass is 10.2. The molecule has 0 atom stereocenters. The highest BCUT2D eigenvalue weighted by molar-refractivity contribution is 6.33. The minimum Gasteiger partial charge on any atom is -0.545 e. The first-order valence-electron chi connectivity index (χ1n) is 3.10. The van der Waals surface area contributed by atoms with Gasteiger partial charge in [0.2, 0.25) is 0 Å². The van der Waals surface area contributed by atoms with Gasteiger partial charge in [-0.3, -0.25) is 0 Å². The molecule has 7 heteroatoms. The predicted molar refractivity (Wildman–Crippen MR) is 35.6 cm³/mol. The molecule has 0 saturated heterocycles. The van der Waals surface area contributed by atoms with Gasteiger partial charge in [-0.25, -0.2) is 17.6 Å². The Balaban J connectivity index is 3.68. The van der Waals surface area contributed by atoms with Crippen molar-refractivity contribution in [3.63, 3.8) is 0 Å². The van der Waals surface area contributed by atoms with Crippen LogP contribution in [0.4, 0.5) is 17.6 Å². The van der Waals surface area contributed by atoms with Crippen molar-refractivity contribution < 1.29 is 27.5 Å². The number of carboxylic acid groups (broad SMARTS) is 1. The Morgan fingerprint density at radius 1 is 1.00 bits per heavy atom. The Morgan fingerprint density at radius 2 is 1.43 bits per heavy atom. The molecule has 0 aliphatic heterocycles. The topological polar surface area (TPSA) is 40.1 Å². The number of halogens is 5. The number of aromatic carboxylic acids is 1. The highest BCUT2D eigenvalue weighted by atomic mass is 35.5. The minimum absolute atomic E-state index is 1.36. The number of hydrogen-bond acceptors (Lipinski definition) is 2. The van der Waals surface area contributed by atoms with Gasteiger partial charge in [-0.2, -0.15) is 0 Å². The van der Waals surface area contributed by atoms with Gasteiger partial charge in [0.25, 0.3) is 0 Å². The Bertz CT molecular complexity index is 390. The van der Waals surface area contributed by atoms with Crippen molar-refractivity contribution >= 4 is 17.6 Å².